The largest absolute Gasteiger partial charge is 0.462 e. The molecular formula is C15H24ClFN2O4S. The average molecular weight is 383 g/mol. The van der Waals surface area contributed by atoms with E-state index >= 15 is 0 Å². The quantitative estimate of drug-likeness (QED) is 0.671. The number of nitrogens with one attached hydrogen (secondary N) is 1. The van der Waals surface area contributed by atoms with E-state index in [1.807, 2.05) is 13.8 Å². The Morgan fingerprint density at radius 3 is 2.33 bits per heavy atom. The lowest BCUT2D eigenvalue weighted by Gasteiger charge is -2.26. The molecule has 1 aromatic carbocycles. The van der Waals surface area contributed by atoms with Crippen LogP contribution < -0.4 is 10.5 Å². The smallest absolute Gasteiger partial charge is 0.338 e. The molecule has 0 bridgehead atoms. The van der Waals surface area contributed by atoms with Crippen LogP contribution in [0.2, 0.25) is 0 Å². The van der Waals surface area contributed by atoms with Crippen molar-refractivity contribution in [1.82, 2.24) is 4.72 Å². The molecule has 0 unspecified atom stereocenters. The highest BCUT2D eigenvalue weighted by Gasteiger charge is 2.25. The minimum Gasteiger partial charge on any atom is -0.462 e. The van der Waals surface area contributed by atoms with E-state index < -0.39 is 27.3 Å². The van der Waals surface area contributed by atoms with Gasteiger partial charge in [0.25, 0.3) is 0 Å². The van der Waals surface area contributed by atoms with Gasteiger partial charge in [-0.25, -0.2) is 22.3 Å². The second-order valence-corrected chi connectivity index (χ2v) is 7.06. The van der Waals surface area contributed by atoms with E-state index in [1.165, 1.54) is 0 Å². The van der Waals surface area contributed by atoms with Gasteiger partial charge in [0, 0.05) is 12.1 Å². The molecule has 0 spiro atoms. The average Bonchev–Trinajstić information content (AvgIpc) is 2.52. The maximum atomic E-state index is 13.6. The van der Waals surface area contributed by atoms with Crippen LogP contribution in [0.5, 0.6) is 0 Å². The molecule has 3 N–H and O–H groups in total. The van der Waals surface area contributed by atoms with Gasteiger partial charge in [-0.1, -0.05) is 13.8 Å². The number of benzene rings is 1. The number of hydrogen-bond acceptors (Lipinski definition) is 5. The van der Waals surface area contributed by atoms with Crippen molar-refractivity contribution in [2.45, 2.75) is 44.0 Å². The van der Waals surface area contributed by atoms with Gasteiger partial charge in [0.2, 0.25) is 10.0 Å². The molecule has 0 amide bonds. The van der Waals surface area contributed by atoms with Gasteiger partial charge in [0.1, 0.15) is 5.82 Å². The molecule has 0 saturated carbocycles. The van der Waals surface area contributed by atoms with Crippen molar-refractivity contribution in [3.8, 4) is 0 Å². The minimum atomic E-state index is -3.98. The zero-order valence-electron chi connectivity index (χ0n) is 14.0. The Hall–Kier alpha value is -1.22. The van der Waals surface area contributed by atoms with E-state index in [0.717, 1.165) is 18.2 Å². The van der Waals surface area contributed by atoms with Crippen molar-refractivity contribution >= 4 is 28.4 Å². The molecule has 0 heterocycles. The Kier molecular flexibility index (Phi) is 8.84. The van der Waals surface area contributed by atoms with E-state index in [9.17, 15) is 17.6 Å². The lowest BCUT2D eigenvalue weighted by atomic mass is 9.95. The molecule has 1 aromatic rings. The van der Waals surface area contributed by atoms with E-state index in [4.69, 9.17) is 10.5 Å². The molecule has 0 atom stereocenters. The number of carbonyl (C=O) groups excluding carboxylic acids is 1. The molecule has 0 aliphatic heterocycles. The normalized spacial score (nSPS) is 11.7. The Morgan fingerprint density at radius 1 is 1.25 bits per heavy atom. The van der Waals surface area contributed by atoms with Gasteiger partial charge in [0.05, 0.1) is 17.1 Å². The summed E-state index contributed by atoms with van der Waals surface area (Å²) in [6, 6.07) is 2.86. The third-order valence-corrected chi connectivity index (χ3v) is 5.10. The molecule has 138 valence electrons. The molecule has 9 heteroatoms. The summed E-state index contributed by atoms with van der Waals surface area (Å²) in [5.74, 6) is -1.61. The molecule has 24 heavy (non-hydrogen) atoms. The molecule has 0 fully saturated rings. The van der Waals surface area contributed by atoms with E-state index in [2.05, 4.69) is 4.72 Å². The summed E-state index contributed by atoms with van der Waals surface area (Å²) < 4.78 is 45.4. The van der Waals surface area contributed by atoms with E-state index in [-0.39, 0.29) is 36.0 Å². The fourth-order valence-electron chi connectivity index (χ4n) is 1.87. The summed E-state index contributed by atoms with van der Waals surface area (Å²) in [6.45, 7) is 5.45. The van der Waals surface area contributed by atoms with Crippen molar-refractivity contribution in [2.24, 2.45) is 5.73 Å². The first-order chi connectivity index (χ1) is 10.7. The minimum absolute atomic E-state index is 0. The topological polar surface area (TPSA) is 98.5 Å². The van der Waals surface area contributed by atoms with Gasteiger partial charge in [-0.2, -0.15) is 0 Å². The standard InChI is InChI=1S/C15H23FN2O4S.ClH/c1-4-15(17,5-2)10-18-23(20,21)13-8-11(7-12(16)9-13)14(19)22-6-3;/h7-9,18H,4-6,10,17H2,1-3H3;1H. The second kappa shape index (κ2) is 9.31. The van der Waals surface area contributed by atoms with Crippen LogP contribution in [0.1, 0.15) is 44.0 Å². The Labute approximate surface area is 148 Å². The molecule has 6 nitrogen and oxygen atoms in total. The van der Waals surface area contributed by atoms with Crippen molar-refractivity contribution < 1.29 is 22.3 Å². The monoisotopic (exact) mass is 382 g/mol. The molecule has 0 saturated heterocycles. The molecule has 0 aliphatic rings. The zero-order valence-corrected chi connectivity index (χ0v) is 15.6. The highest BCUT2D eigenvalue weighted by molar-refractivity contribution is 7.89. The third-order valence-electron chi connectivity index (χ3n) is 3.72. The van der Waals surface area contributed by atoms with Gasteiger partial charge in [-0.05, 0) is 38.0 Å². The predicted octanol–water partition coefficient (Wildman–Crippen LogP) is 2.22. The summed E-state index contributed by atoms with van der Waals surface area (Å²) in [7, 11) is -3.98. The van der Waals surface area contributed by atoms with Crippen LogP contribution >= 0.6 is 12.4 Å². The first-order valence-corrected chi connectivity index (χ1v) is 8.92. The van der Waals surface area contributed by atoms with Crippen LogP contribution in [-0.2, 0) is 14.8 Å². The van der Waals surface area contributed by atoms with Crippen molar-refractivity contribution in [3.05, 3.63) is 29.6 Å². The van der Waals surface area contributed by atoms with Gasteiger partial charge < -0.3 is 10.5 Å². The van der Waals surface area contributed by atoms with Crippen LogP contribution in [0.3, 0.4) is 0 Å². The van der Waals surface area contributed by atoms with Gasteiger partial charge in [0.15, 0.2) is 0 Å². The molecule has 0 aromatic heterocycles. The molecule has 0 aliphatic carbocycles. The zero-order chi connectivity index (χ0) is 17.7. The number of esters is 1. The summed E-state index contributed by atoms with van der Waals surface area (Å²) in [5, 5.41) is 0. The maximum absolute atomic E-state index is 13.6. The number of hydrogen-bond donors (Lipinski definition) is 2. The number of nitrogens with two attached hydrogens (primary N) is 1. The number of ether oxygens (including phenoxy) is 1. The van der Waals surface area contributed by atoms with E-state index in [1.54, 1.807) is 6.92 Å². The molecule has 1 rings (SSSR count). The fraction of sp³-hybridized carbons (Fsp3) is 0.533. The van der Waals surface area contributed by atoms with Gasteiger partial charge in [-0.3, -0.25) is 0 Å². The number of halogens is 2. The first kappa shape index (κ1) is 22.8. The Balaban J connectivity index is 0.00000529. The Morgan fingerprint density at radius 2 is 1.83 bits per heavy atom. The van der Waals surface area contributed by atoms with Crippen molar-refractivity contribution in [3.63, 3.8) is 0 Å². The van der Waals surface area contributed by atoms with Crippen molar-refractivity contribution in [2.75, 3.05) is 13.2 Å². The SMILES string of the molecule is CCOC(=O)c1cc(F)cc(S(=O)(=O)NCC(N)(CC)CC)c1.Cl. The number of rotatable bonds is 8. The fourth-order valence-corrected chi connectivity index (χ4v) is 3.07. The highest BCUT2D eigenvalue weighted by Crippen LogP contribution is 2.17. The van der Waals surface area contributed by atoms with Gasteiger partial charge >= 0.3 is 5.97 Å². The summed E-state index contributed by atoms with van der Waals surface area (Å²) >= 11 is 0. The lowest BCUT2D eigenvalue weighted by molar-refractivity contribution is 0.0525. The van der Waals surface area contributed by atoms with Gasteiger partial charge in [-0.15, -0.1) is 12.4 Å². The summed E-state index contributed by atoms with van der Waals surface area (Å²) in [6.07, 6.45) is 1.17. The second-order valence-electron chi connectivity index (χ2n) is 5.29. The van der Waals surface area contributed by atoms with E-state index in [0.29, 0.717) is 12.8 Å². The highest BCUT2D eigenvalue weighted by atomic mass is 35.5. The summed E-state index contributed by atoms with van der Waals surface area (Å²) in [4.78, 5) is 11.3. The number of sulfonamides is 1. The number of carbonyl (C=O) groups is 1. The Bertz CT molecular complexity index is 663. The van der Waals surface area contributed by atoms with Crippen LogP contribution in [0, 0.1) is 5.82 Å². The third kappa shape index (κ3) is 6.01. The maximum Gasteiger partial charge on any atom is 0.338 e. The lowest BCUT2D eigenvalue weighted by Crippen LogP contribution is -2.49. The van der Waals surface area contributed by atoms with Crippen molar-refractivity contribution in [1.29, 1.82) is 0 Å². The predicted molar refractivity (Wildman–Crippen MR) is 92.3 cm³/mol. The van der Waals surface area contributed by atoms with Crippen LogP contribution in [0.4, 0.5) is 4.39 Å². The van der Waals surface area contributed by atoms with Crippen LogP contribution in [0.25, 0.3) is 0 Å². The van der Waals surface area contributed by atoms with Crippen LogP contribution in [-0.4, -0.2) is 33.1 Å². The summed E-state index contributed by atoms with van der Waals surface area (Å²) in [5.41, 5.74) is 5.22. The molecular weight excluding hydrogens is 359 g/mol. The van der Waals surface area contributed by atoms with Crippen LogP contribution in [0.15, 0.2) is 23.1 Å². The molecule has 0 radical (unpaired) electrons. The first-order valence-electron chi connectivity index (χ1n) is 7.43.